The van der Waals surface area contributed by atoms with Crippen molar-refractivity contribution >= 4 is 46.7 Å². The number of anilines is 1. The van der Waals surface area contributed by atoms with Gasteiger partial charge >= 0.3 is 0 Å². The molecule has 1 N–H and O–H groups in total. The molecule has 1 aliphatic rings. The number of methoxy groups -OCH3 is 1. The molecule has 1 saturated heterocycles. The zero-order chi connectivity index (χ0) is 18.4. The van der Waals surface area contributed by atoms with Gasteiger partial charge < -0.3 is 14.8 Å². The van der Waals surface area contributed by atoms with Crippen molar-refractivity contribution < 1.29 is 14.3 Å². The first-order valence-electron chi connectivity index (χ1n) is 8.25. The highest BCUT2D eigenvalue weighted by Gasteiger charge is 2.16. The Balaban J connectivity index is 1.53. The maximum absolute atomic E-state index is 12.1. The van der Waals surface area contributed by atoms with Crippen molar-refractivity contribution in [3.63, 3.8) is 0 Å². The van der Waals surface area contributed by atoms with Crippen LogP contribution in [-0.4, -0.2) is 31.1 Å². The van der Waals surface area contributed by atoms with Crippen molar-refractivity contribution in [3.8, 4) is 11.5 Å². The molecule has 0 saturated carbocycles. The van der Waals surface area contributed by atoms with Crippen LogP contribution >= 0.6 is 35.1 Å². The Bertz CT molecular complexity index is 749. The van der Waals surface area contributed by atoms with Crippen molar-refractivity contribution in [2.24, 2.45) is 0 Å². The van der Waals surface area contributed by atoms with E-state index >= 15 is 0 Å². The second-order valence-corrected chi connectivity index (χ2v) is 8.84. The Kier molecular flexibility index (Phi) is 7.00. The van der Waals surface area contributed by atoms with E-state index in [0.717, 1.165) is 0 Å². The number of carbonyl (C=O) groups is 1. The summed E-state index contributed by atoms with van der Waals surface area (Å²) in [5.74, 6) is 3.38. The van der Waals surface area contributed by atoms with Gasteiger partial charge in [-0.2, -0.15) is 0 Å². The molecule has 4 nitrogen and oxygen atoms in total. The van der Waals surface area contributed by atoms with Crippen LogP contribution in [-0.2, 0) is 4.79 Å². The number of carbonyl (C=O) groups excluding carboxylic acids is 1. The minimum Gasteiger partial charge on any atom is -0.495 e. The number of nitrogens with one attached hydrogen (secondary N) is 1. The molecule has 0 aliphatic carbocycles. The fourth-order valence-corrected chi connectivity index (χ4v) is 5.58. The Morgan fingerprint density at radius 1 is 1.19 bits per heavy atom. The lowest BCUT2D eigenvalue weighted by atomic mass is 10.2. The minimum absolute atomic E-state index is 0.0814. The number of thioether (sulfide) groups is 2. The van der Waals surface area contributed by atoms with Crippen LogP contribution in [0.15, 0.2) is 42.5 Å². The van der Waals surface area contributed by atoms with Gasteiger partial charge in [-0.05, 0) is 53.8 Å². The highest BCUT2D eigenvalue weighted by atomic mass is 35.5. The molecule has 0 atom stereocenters. The summed E-state index contributed by atoms with van der Waals surface area (Å²) in [6.07, 6.45) is 1.28. The highest BCUT2D eigenvalue weighted by molar-refractivity contribution is 8.16. The van der Waals surface area contributed by atoms with Gasteiger partial charge in [0.1, 0.15) is 11.5 Å². The van der Waals surface area contributed by atoms with E-state index in [-0.39, 0.29) is 12.5 Å². The second kappa shape index (κ2) is 9.44. The number of amides is 1. The maximum atomic E-state index is 12.1. The summed E-state index contributed by atoms with van der Waals surface area (Å²) < 4.78 is 11.3. The lowest BCUT2D eigenvalue weighted by molar-refractivity contribution is -0.118. The van der Waals surface area contributed by atoms with Gasteiger partial charge in [-0.25, -0.2) is 0 Å². The normalized spacial score (nSPS) is 14.7. The van der Waals surface area contributed by atoms with Crippen molar-refractivity contribution in [1.82, 2.24) is 0 Å². The highest BCUT2D eigenvalue weighted by Crippen LogP contribution is 2.43. The molecule has 0 unspecified atom stereocenters. The molecule has 138 valence electrons. The SMILES string of the molecule is COc1ccc(Cl)cc1NC(=O)COc1ccc(C2SCCCS2)cc1. The van der Waals surface area contributed by atoms with Crippen molar-refractivity contribution in [2.45, 2.75) is 11.0 Å². The zero-order valence-corrected chi connectivity index (χ0v) is 16.8. The smallest absolute Gasteiger partial charge is 0.262 e. The number of halogens is 1. The van der Waals surface area contributed by atoms with Crippen LogP contribution in [0.2, 0.25) is 5.02 Å². The Morgan fingerprint density at radius 3 is 2.62 bits per heavy atom. The van der Waals surface area contributed by atoms with Crippen molar-refractivity contribution in [1.29, 1.82) is 0 Å². The minimum atomic E-state index is -0.270. The van der Waals surface area contributed by atoms with Crippen LogP contribution < -0.4 is 14.8 Å². The summed E-state index contributed by atoms with van der Waals surface area (Å²) >= 11 is 9.93. The van der Waals surface area contributed by atoms with E-state index in [1.165, 1.54) is 23.5 Å². The van der Waals surface area contributed by atoms with Crippen LogP contribution in [0.25, 0.3) is 0 Å². The number of ether oxygens (including phenoxy) is 2. The van der Waals surface area contributed by atoms with Crippen LogP contribution in [0.5, 0.6) is 11.5 Å². The monoisotopic (exact) mass is 409 g/mol. The number of benzene rings is 2. The fraction of sp³-hybridized carbons (Fsp3) is 0.316. The van der Waals surface area contributed by atoms with Crippen molar-refractivity contribution in [3.05, 3.63) is 53.1 Å². The summed E-state index contributed by atoms with van der Waals surface area (Å²) in [5.41, 5.74) is 1.82. The van der Waals surface area contributed by atoms with Crippen LogP contribution in [0.4, 0.5) is 5.69 Å². The molecule has 2 aromatic rings. The molecule has 0 spiro atoms. The van der Waals surface area contributed by atoms with Crippen molar-refractivity contribution in [2.75, 3.05) is 30.5 Å². The summed E-state index contributed by atoms with van der Waals surface area (Å²) in [7, 11) is 1.54. The average Bonchev–Trinajstić information content (AvgIpc) is 2.68. The van der Waals surface area contributed by atoms with Crippen LogP contribution in [0, 0.1) is 0 Å². The van der Waals surface area contributed by atoms with Gasteiger partial charge in [-0.15, -0.1) is 23.5 Å². The summed E-state index contributed by atoms with van der Waals surface area (Å²) in [6, 6.07) is 13.0. The average molecular weight is 410 g/mol. The van der Waals surface area contributed by atoms with E-state index in [4.69, 9.17) is 21.1 Å². The van der Waals surface area contributed by atoms with Gasteiger partial charge in [0, 0.05) is 5.02 Å². The Hall–Kier alpha value is -1.50. The number of rotatable bonds is 6. The van der Waals surface area contributed by atoms with E-state index in [1.807, 2.05) is 35.7 Å². The predicted octanol–water partition coefficient (Wildman–Crippen LogP) is 5.23. The topological polar surface area (TPSA) is 47.6 Å². The van der Waals surface area contributed by atoms with E-state index in [0.29, 0.717) is 26.8 Å². The fourth-order valence-electron chi connectivity index (χ4n) is 2.51. The largest absolute Gasteiger partial charge is 0.495 e. The molecule has 0 bridgehead atoms. The van der Waals surface area contributed by atoms with Gasteiger partial charge in [-0.1, -0.05) is 23.7 Å². The first-order chi connectivity index (χ1) is 12.7. The molecule has 2 aromatic carbocycles. The molecule has 1 aliphatic heterocycles. The van der Waals surface area contributed by atoms with Gasteiger partial charge in [0.25, 0.3) is 5.91 Å². The van der Waals surface area contributed by atoms with Gasteiger partial charge in [0.05, 0.1) is 17.4 Å². The first kappa shape index (κ1) is 19.3. The molecule has 7 heteroatoms. The third kappa shape index (κ3) is 5.25. The lowest BCUT2D eigenvalue weighted by Crippen LogP contribution is -2.20. The molecular formula is C19H20ClNO3S2. The standard InChI is InChI=1S/C19H20ClNO3S2/c1-23-17-8-5-14(20)11-16(17)21-18(22)12-24-15-6-3-13(4-7-15)19-25-9-2-10-26-19/h3-8,11,19H,2,9-10,12H2,1H3,(H,21,22). The third-order valence-corrected chi connectivity index (χ3v) is 7.04. The molecule has 26 heavy (non-hydrogen) atoms. The molecule has 1 fully saturated rings. The third-order valence-electron chi connectivity index (χ3n) is 3.78. The molecule has 3 rings (SSSR count). The predicted molar refractivity (Wildman–Crippen MR) is 111 cm³/mol. The van der Waals surface area contributed by atoms with Crippen LogP contribution in [0.1, 0.15) is 16.6 Å². The van der Waals surface area contributed by atoms with Gasteiger partial charge in [0.15, 0.2) is 6.61 Å². The Labute approximate surface area is 167 Å². The van der Waals surface area contributed by atoms with Crippen LogP contribution in [0.3, 0.4) is 0 Å². The molecular weight excluding hydrogens is 390 g/mol. The van der Waals surface area contributed by atoms with E-state index < -0.39 is 0 Å². The summed E-state index contributed by atoms with van der Waals surface area (Å²) in [6.45, 7) is -0.0814. The number of hydrogen-bond donors (Lipinski definition) is 1. The zero-order valence-electron chi connectivity index (χ0n) is 14.4. The number of hydrogen-bond acceptors (Lipinski definition) is 5. The Morgan fingerprint density at radius 2 is 1.92 bits per heavy atom. The van der Waals surface area contributed by atoms with E-state index in [9.17, 15) is 4.79 Å². The van der Waals surface area contributed by atoms with Gasteiger partial charge in [0.2, 0.25) is 0 Å². The molecule has 1 amide bonds. The van der Waals surface area contributed by atoms with Gasteiger partial charge in [-0.3, -0.25) is 4.79 Å². The second-order valence-electron chi connectivity index (χ2n) is 5.68. The van der Waals surface area contributed by atoms with E-state index in [1.54, 1.807) is 25.3 Å². The maximum Gasteiger partial charge on any atom is 0.262 e. The summed E-state index contributed by atoms with van der Waals surface area (Å²) in [5, 5.41) is 3.28. The lowest BCUT2D eigenvalue weighted by Gasteiger charge is -2.21. The quantitative estimate of drug-likeness (QED) is 0.707. The first-order valence-corrected chi connectivity index (χ1v) is 10.7. The molecule has 1 heterocycles. The van der Waals surface area contributed by atoms with E-state index in [2.05, 4.69) is 17.4 Å². The summed E-state index contributed by atoms with van der Waals surface area (Å²) in [4.78, 5) is 12.1. The molecule has 0 radical (unpaired) electrons. The molecule has 0 aromatic heterocycles.